The molecule has 7 heteroatoms. The van der Waals surface area contributed by atoms with Gasteiger partial charge in [-0.25, -0.2) is 0 Å². The summed E-state index contributed by atoms with van der Waals surface area (Å²) in [4.78, 5) is 30.2. The summed E-state index contributed by atoms with van der Waals surface area (Å²) < 4.78 is 0. The molecule has 0 aliphatic carbocycles. The Labute approximate surface area is 164 Å². The number of nitrogens with two attached hydrogens (primary N) is 1. The van der Waals surface area contributed by atoms with Crippen LogP contribution in [0.2, 0.25) is 0 Å². The van der Waals surface area contributed by atoms with Crippen LogP contribution in [0.1, 0.15) is 45.0 Å². The number of benzene rings is 1. The summed E-state index contributed by atoms with van der Waals surface area (Å²) >= 11 is 1.46. The minimum absolute atomic E-state index is 0.234. The molecule has 2 aromatic rings. The summed E-state index contributed by atoms with van der Waals surface area (Å²) in [5, 5.41) is 3.46. The van der Waals surface area contributed by atoms with Gasteiger partial charge < -0.3 is 16.0 Å². The first-order valence-corrected chi connectivity index (χ1v) is 9.86. The summed E-state index contributed by atoms with van der Waals surface area (Å²) in [6.45, 7) is 5.99. The van der Waals surface area contributed by atoms with Crippen LogP contribution in [0.25, 0.3) is 0 Å². The van der Waals surface area contributed by atoms with Gasteiger partial charge >= 0.3 is 0 Å². The Kier molecular flexibility index (Phi) is 5.53. The van der Waals surface area contributed by atoms with Crippen molar-refractivity contribution in [3.8, 4) is 0 Å². The molecular formula is C20H26N4O2S. The maximum Gasteiger partial charge on any atom is 0.256 e. The summed E-state index contributed by atoms with van der Waals surface area (Å²) in [6.07, 6.45) is 0.774. The van der Waals surface area contributed by atoms with E-state index >= 15 is 0 Å². The van der Waals surface area contributed by atoms with Crippen molar-refractivity contribution >= 4 is 33.8 Å². The monoisotopic (exact) mass is 386 g/mol. The van der Waals surface area contributed by atoms with Gasteiger partial charge in [0.1, 0.15) is 5.00 Å². The molecule has 2 heterocycles. The van der Waals surface area contributed by atoms with Crippen LogP contribution in [0, 0.1) is 0 Å². The first-order valence-electron chi connectivity index (χ1n) is 9.05. The van der Waals surface area contributed by atoms with Gasteiger partial charge in [-0.3, -0.25) is 14.5 Å². The molecule has 0 bridgehead atoms. The Bertz CT molecular complexity index is 856. The number of hydrogen-bond donors (Lipinski definition) is 2. The molecule has 1 aromatic carbocycles. The highest BCUT2D eigenvalue weighted by molar-refractivity contribution is 7.17. The number of primary amides is 1. The van der Waals surface area contributed by atoms with Crippen LogP contribution in [0.4, 0.5) is 10.7 Å². The predicted octanol–water partition coefficient (Wildman–Crippen LogP) is 2.93. The number of carbonyl (C=O) groups excluding carboxylic acids is 2. The summed E-state index contributed by atoms with van der Waals surface area (Å²) in [6, 6.07) is 7.78. The molecule has 0 atom stereocenters. The minimum Gasteiger partial charge on any atom is -0.378 e. The average Bonchev–Trinajstić information content (AvgIpc) is 2.98. The third-order valence-corrected chi connectivity index (χ3v) is 6.07. The van der Waals surface area contributed by atoms with E-state index < -0.39 is 5.91 Å². The van der Waals surface area contributed by atoms with Crippen molar-refractivity contribution in [2.24, 2.45) is 5.73 Å². The molecule has 0 saturated heterocycles. The fourth-order valence-electron chi connectivity index (χ4n) is 3.30. The first kappa shape index (κ1) is 19.4. The lowest BCUT2D eigenvalue weighted by molar-refractivity contribution is 0.0999. The van der Waals surface area contributed by atoms with Crippen molar-refractivity contribution in [1.29, 1.82) is 0 Å². The van der Waals surface area contributed by atoms with Crippen molar-refractivity contribution in [3.63, 3.8) is 0 Å². The molecule has 0 saturated carbocycles. The van der Waals surface area contributed by atoms with E-state index in [2.05, 4.69) is 24.1 Å². The van der Waals surface area contributed by atoms with Gasteiger partial charge in [-0.15, -0.1) is 11.3 Å². The van der Waals surface area contributed by atoms with Crippen LogP contribution in [-0.4, -0.2) is 43.4 Å². The van der Waals surface area contributed by atoms with Gasteiger partial charge in [-0.1, -0.05) is 0 Å². The largest absolute Gasteiger partial charge is 0.378 e. The van der Waals surface area contributed by atoms with Gasteiger partial charge in [-0.05, 0) is 50.1 Å². The number of fused-ring (bicyclic) bond motifs is 1. The number of rotatable bonds is 5. The van der Waals surface area contributed by atoms with Crippen molar-refractivity contribution < 1.29 is 9.59 Å². The second kappa shape index (κ2) is 7.70. The maximum atomic E-state index is 12.7. The highest BCUT2D eigenvalue weighted by atomic mass is 32.1. The lowest BCUT2D eigenvalue weighted by atomic mass is 10.0. The molecule has 1 aliphatic rings. The number of amides is 2. The zero-order chi connectivity index (χ0) is 19.7. The van der Waals surface area contributed by atoms with Crippen molar-refractivity contribution in [2.45, 2.75) is 32.9 Å². The van der Waals surface area contributed by atoms with Crippen LogP contribution >= 0.6 is 11.3 Å². The average molecular weight is 387 g/mol. The zero-order valence-electron chi connectivity index (χ0n) is 16.2. The molecule has 0 spiro atoms. The molecule has 0 unspecified atom stereocenters. The van der Waals surface area contributed by atoms with Crippen molar-refractivity contribution in [1.82, 2.24) is 4.90 Å². The van der Waals surface area contributed by atoms with E-state index in [0.717, 1.165) is 35.6 Å². The Balaban J connectivity index is 1.86. The molecule has 1 aliphatic heterocycles. The lowest BCUT2D eigenvalue weighted by Gasteiger charge is -2.30. The highest BCUT2D eigenvalue weighted by Gasteiger charge is 2.28. The third kappa shape index (κ3) is 3.99. The quantitative estimate of drug-likeness (QED) is 0.828. The molecule has 144 valence electrons. The number of carbonyl (C=O) groups is 2. The van der Waals surface area contributed by atoms with Crippen molar-refractivity contribution in [2.75, 3.05) is 30.9 Å². The number of thiophene rings is 1. The van der Waals surface area contributed by atoms with Crippen LogP contribution in [0.15, 0.2) is 24.3 Å². The Morgan fingerprint density at radius 1 is 1.22 bits per heavy atom. The van der Waals surface area contributed by atoms with Crippen LogP contribution in [0.5, 0.6) is 0 Å². The number of anilines is 2. The van der Waals surface area contributed by atoms with Gasteiger partial charge in [0, 0.05) is 49.4 Å². The van der Waals surface area contributed by atoms with Crippen LogP contribution in [0.3, 0.4) is 0 Å². The fourth-order valence-corrected chi connectivity index (χ4v) is 4.57. The van der Waals surface area contributed by atoms with Crippen molar-refractivity contribution in [3.05, 3.63) is 45.8 Å². The number of hydrogen-bond acceptors (Lipinski definition) is 5. The van der Waals surface area contributed by atoms with Gasteiger partial charge in [0.05, 0.1) is 5.56 Å². The first-order chi connectivity index (χ1) is 12.8. The van der Waals surface area contributed by atoms with E-state index in [9.17, 15) is 9.59 Å². The van der Waals surface area contributed by atoms with E-state index in [1.54, 1.807) is 12.1 Å². The van der Waals surface area contributed by atoms with Gasteiger partial charge in [-0.2, -0.15) is 0 Å². The summed E-state index contributed by atoms with van der Waals surface area (Å²) in [7, 11) is 3.90. The maximum absolute atomic E-state index is 12.7. The summed E-state index contributed by atoms with van der Waals surface area (Å²) in [5.41, 5.74) is 8.67. The highest BCUT2D eigenvalue weighted by Crippen LogP contribution is 2.37. The molecule has 3 N–H and O–H groups in total. The molecule has 3 rings (SSSR count). The third-order valence-electron chi connectivity index (χ3n) is 4.94. The molecule has 6 nitrogen and oxygen atoms in total. The predicted molar refractivity (Wildman–Crippen MR) is 111 cm³/mol. The zero-order valence-corrected chi connectivity index (χ0v) is 17.0. The molecule has 27 heavy (non-hydrogen) atoms. The SMILES string of the molecule is CC(C)N1CCc2c(sc(NC(=O)c3ccc(N(C)C)cc3)c2C(N)=O)C1. The standard InChI is InChI=1S/C20H26N4O2S/c1-12(2)24-10-9-15-16(11-24)27-20(17(15)18(21)25)22-19(26)13-5-7-14(8-6-13)23(3)4/h5-8,12H,9-11H2,1-4H3,(H2,21,25)(H,22,26). The second-order valence-electron chi connectivity index (χ2n) is 7.28. The molecule has 2 amide bonds. The van der Waals surface area contributed by atoms with E-state index in [-0.39, 0.29) is 5.91 Å². The van der Waals surface area contributed by atoms with Crippen LogP contribution in [-0.2, 0) is 13.0 Å². The smallest absolute Gasteiger partial charge is 0.256 e. The summed E-state index contributed by atoms with van der Waals surface area (Å²) in [5.74, 6) is -0.717. The van der Waals surface area contributed by atoms with E-state index in [1.807, 2.05) is 31.1 Å². The Hall–Kier alpha value is -2.38. The van der Waals surface area contributed by atoms with Crippen LogP contribution < -0.4 is 16.0 Å². The second-order valence-corrected chi connectivity index (χ2v) is 8.39. The van der Waals surface area contributed by atoms with E-state index in [0.29, 0.717) is 22.2 Å². The van der Waals surface area contributed by atoms with E-state index in [1.165, 1.54) is 11.3 Å². The molecular weight excluding hydrogens is 360 g/mol. The molecule has 1 aromatic heterocycles. The van der Waals surface area contributed by atoms with Gasteiger partial charge in [0.25, 0.3) is 11.8 Å². The minimum atomic E-state index is -0.483. The fraction of sp³-hybridized carbons (Fsp3) is 0.400. The lowest BCUT2D eigenvalue weighted by Crippen LogP contribution is -2.35. The molecule has 0 fully saturated rings. The normalized spacial score (nSPS) is 14.1. The number of nitrogens with zero attached hydrogens (tertiary/aromatic N) is 2. The van der Waals surface area contributed by atoms with Gasteiger partial charge in [0.15, 0.2) is 0 Å². The van der Waals surface area contributed by atoms with Gasteiger partial charge in [0.2, 0.25) is 0 Å². The number of nitrogens with one attached hydrogen (secondary N) is 1. The Morgan fingerprint density at radius 3 is 2.44 bits per heavy atom. The Morgan fingerprint density at radius 2 is 1.89 bits per heavy atom. The molecule has 0 radical (unpaired) electrons. The van der Waals surface area contributed by atoms with E-state index in [4.69, 9.17) is 5.73 Å². The topological polar surface area (TPSA) is 78.7 Å².